The Bertz CT molecular complexity index is 674. The SMILES string of the molecule is CCC1=NO[C@@H](CNCc2nc3c(C)c(C)ccc3[nH]2)C1. The lowest BCUT2D eigenvalue weighted by atomic mass is 10.1. The number of benzene rings is 1. The quantitative estimate of drug-likeness (QED) is 0.888. The third-order valence-electron chi connectivity index (χ3n) is 4.09. The van der Waals surface area contributed by atoms with Crippen LogP contribution in [0.1, 0.15) is 36.7 Å². The Labute approximate surface area is 124 Å². The summed E-state index contributed by atoms with van der Waals surface area (Å²) in [6.45, 7) is 7.85. The van der Waals surface area contributed by atoms with E-state index in [-0.39, 0.29) is 6.10 Å². The van der Waals surface area contributed by atoms with E-state index in [1.807, 2.05) is 0 Å². The van der Waals surface area contributed by atoms with Gasteiger partial charge in [-0.25, -0.2) is 4.98 Å². The van der Waals surface area contributed by atoms with Crippen LogP contribution < -0.4 is 5.32 Å². The van der Waals surface area contributed by atoms with Crippen molar-refractivity contribution >= 4 is 16.7 Å². The first-order valence-corrected chi connectivity index (χ1v) is 7.54. The number of H-pyrrole nitrogens is 1. The van der Waals surface area contributed by atoms with Crippen molar-refractivity contribution in [2.45, 2.75) is 46.3 Å². The number of oxime groups is 1. The van der Waals surface area contributed by atoms with Crippen LogP contribution in [0.25, 0.3) is 11.0 Å². The van der Waals surface area contributed by atoms with Crippen LogP contribution in [0.4, 0.5) is 0 Å². The Morgan fingerprint density at radius 2 is 2.24 bits per heavy atom. The van der Waals surface area contributed by atoms with Crippen LogP contribution >= 0.6 is 0 Å². The molecule has 1 aromatic heterocycles. The van der Waals surface area contributed by atoms with Crippen LogP contribution in [0.5, 0.6) is 0 Å². The maximum absolute atomic E-state index is 5.38. The van der Waals surface area contributed by atoms with Crippen LogP contribution in [0.15, 0.2) is 17.3 Å². The molecule has 0 aliphatic carbocycles. The summed E-state index contributed by atoms with van der Waals surface area (Å²) in [6, 6.07) is 4.22. The Morgan fingerprint density at radius 1 is 1.38 bits per heavy atom. The third kappa shape index (κ3) is 2.93. The molecule has 1 aliphatic heterocycles. The second-order valence-corrected chi connectivity index (χ2v) is 5.66. The molecular formula is C16H22N4O. The van der Waals surface area contributed by atoms with Gasteiger partial charge in [-0.05, 0) is 37.5 Å². The van der Waals surface area contributed by atoms with E-state index in [0.29, 0.717) is 6.54 Å². The molecule has 1 aliphatic rings. The van der Waals surface area contributed by atoms with E-state index in [0.717, 1.165) is 42.0 Å². The number of hydrogen-bond acceptors (Lipinski definition) is 4. The number of rotatable bonds is 5. The van der Waals surface area contributed by atoms with Gasteiger partial charge in [0, 0.05) is 13.0 Å². The number of hydrogen-bond donors (Lipinski definition) is 2. The Balaban J connectivity index is 1.58. The third-order valence-corrected chi connectivity index (χ3v) is 4.09. The van der Waals surface area contributed by atoms with E-state index in [1.165, 1.54) is 11.1 Å². The summed E-state index contributed by atoms with van der Waals surface area (Å²) in [6.07, 6.45) is 2.06. The molecule has 0 radical (unpaired) electrons. The van der Waals surface area contributed by atoms with Crippen molar-refractivity contribution < 1.29 is 4.84 Å². The lowest BCUT2D eigenvalue weighted by Crippen LogP contribution is -2.27. The maximum atomic E-state index is 5.38. The Kier molecular flexibility index (Phi) is 3.92. The van der Waals surface area contributed by atoms with Gasteiger partial charge in [0.15, 0.2) is 0 Å². The molecule has 3 rings (SSSR count). The van der Waals surface area contributed by atoms with Gasteiger partial charge >= 0.3 is 0 Å². The smallest absolute Gasteiger partial charge is 0.145 e. The molecule has 112 valence electrons. The second-order valence-electron chi connectivity index (χ2n) is 5.66. The summed E-state index contributed by atoms with van der Waals surface area (Å²) in [5.74, 6) is 0.966. The standard InChI is InChI=1S/C16H22N4O/c1-4-12-7-13(21-20-12)8-17-9-15-18-14-6-5-10(2)11(3)16(14)19-15/h5-6,13,17H,4,7-9H2,1-3H3,(H,18,19)/t13-/m1/s1. The van der Waals surface area contributed by atoms with Gasteiger partial charge in [0.05, 0.1) is 23.3 Å². The zero-order valence-corrected chi connectivity index (χ0v) is 12.9. The molecule has 2 N–H and O–H groups in total. The van der Waals surface area contributed by atoms with Gasteiger partial charge < -0.3 is 15.1 Å². The van der Waals surface area contributed by atoms with Crippen molar-refractivity contribution in [3.05, 3.63) is 29.1 Å². The monoisotopic (exact) mass is 286 g/mol. The highest BCUT2D eigenvalue weighted by Crippen LogP contribution is 2.19. The number of aromatic nitrogens is 2. The second kappa shape index (κ2) is 5.85. The highest BCUT2D eigenvalue weighted by Gasteiger charge is 2.19. The Morgan fingerprint density at radius 3 is 3.00 bits per heavy atom. The van der Waals surface area contributed by atoms with Crippen LogP contribution in [-0.4, -0.2) is 28.3 Å². The van der Waals surface area contributed by atoms with Crippen LogP contribution in [0.2, 0.25) is 0 Å². The number of nitrogens with zero attached hydrogens (tertiary/aromatic N) is 2. The summed E-state index contributed by atoms with van der Waals surface area (Å²) >= 11 is 0. The number of aryl methyl sites for hydroxylation is 2. The molecule has 0 amide bonds. The van der Waals surface area contributed by atoms with E-state index in [9.17, 15) is 0 Å². The van der Waals surface area contributed by atoms with Crippen molar-refractivity contribution in [3.8, 4) is 0 Å². The summed E-state index contributed by atoms with van der Waals surface area (Å²) < 4.78 is 0. The molecule has 0 saturated heterocycles. The van der Waals surface area contributed by atoms with E-state index < -0.39 is 0 Å². The summed E-state index contributed by atoms with van der Waals surface area (Å²) in [5.41, 5.74) is 5.84. The van der Waals surface area contributed by atoms with Crippen molar-refractivity contribution in [2.24, 2.45) is 5.16 Å². The molecule has 1 aromatic carbocycles. The van der Waals surface area contributed by atoms with Gasteiger partial charge in [-0.2, -0.15) is 0 Å². The van der Waals surface area contributed by atoms with Gasteiger partial charge in [-0.15, -0.1) is 0 Å². The molecule has 2 heterocycles. The van der Waals surface area contributed by atoms with Gasteiger partial charge in [-0.1, -0.05) is 18.1 Å². The maximum Gasteiger partial charge on any atom is 0.145 e. The van der Waals surface area contributed by atoms with E-state index in [2.05, 4.69) is 53.3 Å². The predicted octanol–water partition coefficient (Wildman–Crippen LogP) is 2.82. The van der Waals surface area contributed by atoms with Crippen molar-refractivity contribution in [3.63, 3.8) is 0 Å². The van der Waals surface area contributed by atoms with Gasteiger partial charge in [0.2, 0.25) is 0 Å². The number of imidazole rings is 1. The van der Waals surface area contributed by atoms with Crippen molar-refractivity contribution in [2.75, 3.05) is 6.54 Å². The Hall–Kier alpha value is -1.88. The highest BCUT2D eigenvalue weighted by atomic mass is 16.6. The molecule has 0 fully saturated rings. The normalized spacial score (nSPS) is 18.0. The molecule has 0 spiro atoms. The number of fused-ring (bicyclic) bond motifs is 1. The lowest BCUT2D eigenvalue weighted by Gasteiger charge is -2.08. The zero-order chi connectivity index (χ0) is 14.8. The van der Waals surface area contributed by atoms with Crippen LogP contribution in [0.3, 0.4) is 0 Å². The highest BCUT2D eigenvalue weighted by molar-refractivity contribution is 5.85. The van der Waals surface area contributed by atoms with Crippen LogP contribution in [0, 0.1) is 13.8 Å². The molecule has 0 unspecified atom stereocenters. The molecule has 5 heteroatoms. The molecular weight excluding hydrogens is 264 g/mol. The van der Waals surface area contributed by atoms with Crippen LogP contribution in [-0.2, 0) is 11.4 Å². The number of nitrogens with one attached hydrogen (secondary N) is 2. The minimum Gasteiger partial charge on any atom is -0.391 e. The van der Waals surface area contributed by atoms with E-state index in [4.69, 9.17) is 4.84 Å². The summed E-state index contributed by atoms with van der Waals surface area (Å²) in [4.78, 5) is 13.4. The van der Waals surface area contributed by atoms with E-state index >= 15 is 0 Å². The average molecular weight is 286 g/mol. The molecule has 1 atom stereocenters. The molecule has 5 nitrogen and oxygen atoms in total. The minimum atomic E-state index is 0.160. The topological polar surface area (TPSA) is 62.3 Å². The molecule has 2 aromatic rings. The lowest BCUT2D eigenvalue weighted by molar-refractivity contribution is 0.0847. The summed E-state index contributed by atoms with van der Waals surface area (Å²) in [7, 11) is 0. The van der Waals surface area contributed by atoms with E-state index in [1.54, 1.807) is 0 Å². The van der Waals surface area contributed by atoms with Crippen molar-refractivity contribution in [1.29, 1.82) is 0 Å². The molecule has 21 heavy (non-hydrogen) atoms. The summed E-state index contributed by atoms with van der Waals surface area (Å²) in [5, 5.41) is 7.46. The number of aromatic amines is 1. The van der Waals surface area contributed by atoms with Crippen molar-refractivity contribution in [1.82, 2.24) is 15.3 Å². The molecule has 0 bridgehead atoms. The van der Waals surface area contributed by atoms with Gasteiger partial charge in [0.1, 0.15) is 11.9 Å². The predicted molar refractivity (Wildman–Crippen MR) is 84.5 cm³/mol. The fourth-order valence-electron chi connectivity index (χ4n) is 2.60. The largest absolute Gasteiger partial charge is 0.391 e. The minimum absolute atomic E-state index is 0.160. The fraction of sp³-hybridized carbons (Fsp3) is 0.500. The first-order valence-electron chi connectivity index (χ1n) is 7.54. The van der Waals surface area contributed by atoms with Gasteiger partial charge in [0.25, 0.3) is 0 Å². The molecule has 0 saturated carbocycles. The zero-order valence-electron chi connectivity index (χ0n) is 12.9. The van der Waals surface area contributed by atoms with Gasteiger partial charge in [-0.3, -0.25) is 0 Å². The first kappa shape index (κ1) is 14.1. The average Bonchev–Trinajstić information content (AvgIpc) is 3.10. The first-order chi connectivity index (χ1) is 10.2. The fourth-order valence-corrected chi connectivity index (χ4v) is 2.60.